The smallest absolute Gasteiger partial charge is 0.110 e. The zero-order valence-corrected chi connectivity index (χ0v) is 11.8. The molecule has 0 saturated heterocycles. The van der Waals surface area contributed by atoms with Crippen molar-refractivity contribution in [1.29, 1.82) is 0 Å². The molecule has 2 nitrogen and oxygen atoms in total. The van der Waals surface area contributed by atoms with Gasteiger partial charge in [0.1, 0.15) is 12.2 Å². The lowest BCUT2D eigenvalue weighted by atomic mass is 9.84. The number of hydrogen-bond acceptors (Lipinski definition) is 2. The fraction of sp³-hybridized carbons (Fsp3) is 0.100. The average Bonchev–Trinajstić information content (AvgIpc) is 2.55. The van der Waals surface area contributed by atoms with Crippen LogP contribution in [0.1, 0.15) is 17.2 Å². The molecule has 1 aliphatic rings. The van der Waals surface area contributed by atoms with Gasteiger partial charge >= 0.3 is 0 Å². The van der Waals surface area contributed by atoms with E-state index in [1.54, 1.807) is 6.08 Å². The van der Waals surface area contributed by atoms with Gasteiger partial charge in [0.25, 0.3) is 0 Å². The molecule has 0 fully saturated rings. The molecule has 4 aromatic rings. The third kappa shape index (κ3) is 1.41. The summed E-state index contributed by atoms with van der Waals surface area (Å²) in [6, 6.07) is 16.9. The van der Waals surface area contributed by atoms with Crippen molar-refractivity contribution in [3.8, 4) is 0 Å². The second-order valence-corrected chi connectivity index (χ2v) is 6.03. The Kier molecular flexibility index (Phi) is 2.25. The molecule has 4 aromatic carbocycles. The third-order valence-electron chi connectivity index (χ3n) is 4.81. The summed E-state index contributed by atoms with van der Waals surface area (Å²) >= 11 is 0. The Morgan fingerprint density at radius 2 is 1.50 bits per heavy atom. The van der Waals surface area contributed by atoms with E-state index < -0.39 is 12.2 Å². The maximum atomic E-state index is 10.5. The van der Waals surface area contributed by atoms with E-state index in [-0.39, 0.29) is 0 Å². The minimum absolute atomic E-state index is 0.834. The molecule has 5 rings (SSSR count). The van der Waals surface area contributed by atoms with Crippen molar-refractivity contribution >= 4 is 38.4 Å². The van der Waals surface area contributed by atoms with Gasteiger partial charge in [-0.3, -0.25) is 0 Å². The Hall–Kier alpha value is -2.42. The maximum Gasteiger partial charge on any atom is 0.110 e. The molecule has 0 bridgehead atoms. The standard InChI is InChI=1S/C20H14O2/c21-16-9-7-14-10-13-5-4-11-2-1-3-12-6-8-15(18(13)17(11)12)19(14)20(16)22/h1-10,16,20-22H/t16-,20+/m0/s1. The molecule has 0 heterocycles. The van der Waals surface area contributed by atoms with E-state index in [0.29, 0.717) is 0 Å². The minimum atomic E-state index is -0.871. The van der Waals surface area contributed by atoms with E-state index in [4.69, 9.17) is 0 Å². The van der Waals surface area contributed by atoms with Gasteiger partial charge in [-0.2, -0.15) is 0 Å². The predicted octanol–water partition coefficient (Wildman–Crippen LogP) is 4.01. The molecule has 22 heavy (non-hydrogen) atoms. The lowest BCUT2D eigenvalue weighted by Gasteiger charge is -2.25. The van der Waals surface area contributed by atoms with Crippen molar-refractivity contribution < 1.29 is 10.2 Å². The van der Waals surface area contributed by atoms with Gasteiger partial charge in [-0.05, 0) is 49.5 Å². The highest BCUT2D eigenvalue weighted by Gasteiger charge is 2.25. The van der Waals surface area contributed by atoms with Crippen LogP contribution in [0.15, 0.2) is 54.6 Å². The van der Waals surface area contributed by atoms with Crippen molar-refractivity contribution in [1.82, 2.24) is 0 Å². The van der Waals surface area contributed by atoms with E-state index in [9.17, 15) is 10.2 Å². The first-order valence-corrected chi connectivity index (χ1v) is 7.49. The van der Waals surface area contributed by atoms with E-state index in [2.05, 4.69) is 48.5 Å². The Morgan fingerprint density at radius 1 is 0.773 bits per heavy atom. The van der Waals surface area contributed by atoms with E-state index in [1.165, 1.54) is 26.9 Å². The van der Waals surface area contributed by atoms with Crippen LogP contribution in [0.4, 0.5) is 0 Å². The molecule has 0 unspecified atom stereocenters. The molecule has 1 aliphatic carbocycles. The van der Waals surface area contributed by atoms with Gasteiger partial charge in [-0.15, -0.1) is 0 Å². The first-order chi connectivity index (χ1) is 10.7. The van der Waals surface area contributed by atoms with Crippen LogP contribution in [-0.2, 0) is 0 Å². The van der Waals surface area contributed by atoms with Gasteiger partial charge in [-0.25, -0.2) is 0 Å². The van der Waals surface area contributed by atoms with E-state index in [0.717, 1.165) is 16.5 Å². The Morgan fingerprint density at radius 3 is 2.32 bits per heavy atom. The second-order valence-electron chi connectivity index (χ2n) is 6.03. The lowest BCUT2D eigenvalue weighted by molar-refractivity contribution is 0.0480. The van der Waals surface area contributed by atoms with Gasteiger partial charge < -0.3 is 10.2 Å². The maximum absolute atomic E-state index is 10.5. The molecule has 2 N–H and O–H groups in total. The number of rotatable bonds is 0. The summed E-state index contributed by atoms with van der Waals surface area (Å²) in [7, 11) is 0. The lowest BCUT2D eigenvalue weighted by Crippen LogP contribution is -2.19. The molecule has 0 radical (unpaired) electrons. The summed E-state index contributed by atoms with van der Waals surface area (Å²) in [5, 5.41) is 27.5. The highest BCUT2D eigenvalue weighted by molar-refractivity contribution is 6.24. The van der Waals surface area contributed by atoms with Gasteiger partial charge in [0.2, 0.25) is 0 Å². The Labute approximate surface area is 127 Å². The zero-order valence-electron chi connectivity index (χ0n) is 11.8. The summed E-state index contributed by atoms with van der Waals surface area (Å²) in [4.78, 5) is 0. The van der Waals surface area contributed by atoms with Crippen LogP contribution >= 0.6 is 0 Å². The van der Waals surface area contributed by atoms with Crippen LogP contribution in [0, 0.1) is 0 Å². The molecule has 106 valence electrons. The highest BCUT2D eigenvalue weighted by Crippen LogP contribution is 2.41. The first kappa shape index (κ1) is 12.2. The van der Waals surface area contributed by atoms with Gasteiger partial charge in [0, 0.05) is 0 Å². The summed E-state index contributed by atoms with van der Waals surface area (Å²) in [6.07, 6.45) is 1.85. The van der Waals surface area contributed by atoms with Crippen molar-refractivity contribution in [3.05, 3.63) is 65.7 Å². The Balaban J connectivity index is 2.07. The fourth-order valence-electron chi connectivity index (χ4n) is 3.80. The van der Waals surface area contributed by atoms with Crippen LogP contribution in [0.25, 0.3) is 38.4 Å². The van der Waals surface area contributed by atoms with Crippen LogP contribution in [0.2, 0.25) is 0 Å². The predicted molar refractivity (Wildman–Crippen MR) is 90.1 cm³/mol. The van der Waals surface area contributed by atoms with Crippen LogP contribution in [-0.4, -0.2) is 16.3 Å². The van der Waals surface area contributed by atoms with Crippen molar-refractivity contribution in [2.45, 2.75) is 12.2 Å². The molecule has 0 aliphatic heterocycles. The summed E-state index contributed by atoms with van der Waals surface area (Å²) in [5.41, 5.74) is 1.82. The molecule has 0 spiro atoms. The molecule has 0 aromatic heterocycles. The topological polar surface area (TPSA) is 40.5 Å². The number of aliphatic hydroxyl groups is 2. The number of hydrogen-bond donors (Lipinski definition) is 2. The SMILES string of the molecule is O[C@H]1C=Cc2cc3ccc4cccc5ccc(c2[C@@H]1O)c3c45. The monoisotopic (exact) mass is 286 g/mol. The zero-order chi connectivity index (χ0) is 14.8. The second kappa shape index (κ2) is 4.07. The van der Waals surface area contributed by atoms with Gasteiger partial charge in [0.05, 0.1) is 0 Å². The molecule has 2 heteroatoms. The highest BCUT2D eigenvalue weighted by atomic mass is 16.3. The summed E-state index contributed by atoms with van der Waals surface area (Å²) < 4.78 is 0. The Bertz CT molecular complexity index is 1050. The van der Waals surface area contributed by atoms with Crippen LogP contribution in [0.5, 0.6) is 0 Å². The quantitative estimate of drug-likeness (QED) is 0.480. The normalized spacial score (nSPS) is 21.0. The first-order valence-electron chi connectivity index (χ1n) is 7.49. The van der Waals surface area contributed by atoms with Gasteiger partial charge in [0.15, 0.2) is 0 Å². The molecule has 0 amide bonds. The summed E-state index contributed by atoms with van der Waals surface area (Å²) in [5.74, 6) is 0. The van der Waals surface area contributed by atoms with Crippen molar-refractivity contribution in [2.75, 3.05) is 0 Å². The molecule has 2 atom stereocenters. The molecular formula is C20H14O2. The summed E-state index contributed by atoms with van der Waals surface area (Å²) in [6.45, 7) is 0. The average molecular weight is 286 g/mol. The van der Waals surface area contributed by atoms with Crippen LogP contribution in [0.3, 0.4) is 0 Å². The number of benzene rings is 4. The van der Waals surface area contributed by atoms with Crippen molar-refractivity contribution in [3.63, 3.8) is 0 Å². The third-order valence-corrected chi connectivity index (χ3v) is 4.81. The van der Waals surface area contributed by atoms with Crippen molar-refractivity contribution in [2.24, 2.45) is 0 Å². The minimum Gasteiger partial charge on any atom is -0.386 e. The molecule has 0 saturated carbocycles. The van der Waals surface area contributed by atoms with Crippen LogP contribution < -0.4 is 0 Å². The fourth-order valence-corrected chi connectivity index (χ4v) is 3.80. The largest absolute Gasteiger partial charge is 0.386 e. The van der Waals surface area contributed by atoms with Gasteiger partial charge in [-0.1, -0.05) is 54.6 Å². The number of aliphatic hydroxyl groups excluding tert-OH is 2. The van der Waals surface area contributed by atoms with E-state index in [1.807, 2.05) is 6.08 Å². The molecular weight excluding hydrogens is 272 g/mol. The van der Waals surface area contributed by atoms with E-state index >= 15 is 0 Å². The number of fused-ring (bicyclic) bond motifs is 2.